The zero-order valence-corrected chi connectivity index (χ0v) is 22.7. The standard InChI is InChI=1S/C28H38O4S2/c1-6-7-8-12-28(13-11-21-10-9-14-33-21)17-23(30)25(26(31)32-28)34-24-19(2)15-20(18-29)16-22(24)27(3,4)5/h9-10,14-16,25,29H,6-8,11-13,17-18H2,1-5H3. The van der Waals surface area contributed by atoms with E-state index in [4.69, 9.17) is 4.74 Å². The van der Waals surface area contributed by atoms with E-state index in [1.807, 2.05) is 25.1 Å². The van der Waals surface area contributed by atoms with Crippen LogP contribution in [0.15, 0.2) is 34.5 Å². The van der Waals surface area contributed by atoms with E-state index < -0.39 is 16.8 Å². The molecule has 1 N–H and O–H groups in total. The van der Waals surface area contributed by atoms with E-state index in [1.165, 1.54) is 16.6 Å². The van der Waals surface area contributed by atoms with Crippen molar-refractivity contribution in [3.63, 3.8) is 0 Å². The number of rotatable bonds is 10. The van der Waals surface area contributed by atoms with Gasteiger partial charge in [-0.1, -0.05) is 58.7 Å². The number of aryl methyl sites for hydroxylation is 2. The summed E-state index contributed by atoms with van der Waals surface area (Å²) in [4.78, 5) is 29.0. The number of aliphatic hydroxyl groups excluding tert-OH is 1. The second kappa shape index (κ2) is 11.4. The van der Waals surface area contributed by atoms with Crippen LogP contribution in [0.4, 0.5) is 0 Å². The van der Waals surface area contributed by atoms with Gasteiger partial charge in [0.25, 0.3) is 0 Å². The first-order valence-corrected chi connectivity index (χ1v) is 14.0. The quantitative estimate of drug-likeness (QED) is 0.220. The number of thioether (sulfide) groups is 1. The fraction of sp³-hybridized carbons (Fsp3) is 0.571. The van der Waals surface area contributed by atoms with Crippen molar-refractivity contribution in [2.24, 2.45) is 0 Å². The molecule has 2 atom stereocenters. The van der Waals surface area contributed by atoms with E-state index in [0.29, 0.717) is 6.42 Å². The number of unbranched alkanes of at least 4 members (excludes halogenated alkanes) is 2. The van der Waals surface area contributed by atoms with Crippen LogP contribution in [-0.4, -0.2) is 27.7 Å². The normalized spacial score (nSPS) is 21.1. The van der Waals surface area contributed by atoms with Crippen LogP contribution in [0.25, 0.3) is 0 Å². The average molecular weight is 503 g/mol. The lowest BCUT2D eigenvalue weighted by Crippen LogP contribution is -2.49. The molecule has 34 heavy (non-hydrogen) atoms. The number of benzene rings is 1. The van der Waals surface area contributed by atoms with E-state index in [9.17, 15) is 14.7 Å². The number of carbonyl (C=O) groups excluding carboxylic acids is 2. The van der Waals surface area contributed by atoms with Gasteiger partial charge in [-0.05, 0) is 66.2 Å². The Morgan fingerprint density at radius 2 is 1.97 bits per heavy atom. The maximum atomic E-state index is 13.5. The molecular weight excluding hydrogens is 464 g/mol. The first kappa shape index (κ1) is 27.0. The second-order valence-corrected chi connectivity index (χ2v) is 12.6. The Labute approximate surface area is 212 Å². The first-order valence-electron chi connectivity index (χ1n) is 12.3. The summed E-state index contributed by atoms with van der Waals surface area (Å²) in [7, 11) is 0. The Kier molecular flexibility index (Phi) is 9.04. The molecule has 3 rings (SSSR count). The van der Waals surface area contributed by atoms with Gasteiger partial charge in [-0.15, -0.1) is 23.1 Å². The van der Waals surface area contributed by atoms with Crippen molar-refractivity contribution in [1.82, 2.24) is 0 Å². The number of cyclic esters (lactones) is 1. The summed E-state index contributed by atoms with van der Waals surface area (Å²) in [6, 6.07) is 8.06. The number of esters is 1. The summed E-state index contributed by atoms with van der Waals surface area (Å²) in [5.41, 5.74) is 1.96. The summed E-state index contributed by atoms with van der Waals surface area (Å²) >= 11 is 3.02. The zero-order chi connectivity index (χ0) is 24.9. The van der Waals surface area contributed by atoms with Crippen molar-refractivity contribution < 1.29 is 19.4 Å². The Morgan fingerprint density at radius 3 is 2.56 bits per heavy atom. The van der Waals surface area contributed by atoms with Gasteiger partial charge in [0.05, 0.1) is 6.61 Å². The smallest absolute Gasteiger partial charge is 0.327 e. The highest BCUT2D eigenvalue weighted by atomic mass is 32.2. The number of ketones is 1. The Bertz CT molecular complexity index is 971. The number of hydrogen-bond acceptors (Lipinski definition) is 6. The monoisotopic (exact) mass is 502 g/mol. The fourth-order valence-electron chi connectivity index (χ4n) is 4.64. The van der Waals surface area contributed by atoms with Crippen molar-refractivity contribution in [3.8, 4) is 0 Å². The van der Waals surface area contributed by atoms with E-state index in [-0.39, 0.29) is 24.2 Å². The average Bonchev–Trinajstić information content (AvgIpc) is 3.29. The highest BCUT2D eigenvalue weighted by molar-refractivity contribution is 8.01. The number of hydrogen-bond donors (Lipinski definition) is 1. The van der Waals surface area contributed by atoms with Crippen LogP contribution in [0.1, 0.15) is 87.8 Å². The summed E-state index contributed by atoms with van der Waals surface area (Å²) in [5, 5.41) is 10.9. The lowest BCUT2D eigenvalue weighted by Gasteiger charge is -2.39. The van der Waals surface area contributed by atoms with E-state index in [0.717, 1.165) is 53.7 Å². The minimum Gasteiger partial charge on any atom is -0.457 e. The summed E-state index contributed by atoms with van der Waals surface area (Å²) < 4.78 is 6.17. The van der Waals surface area contributed by atoms with Crippen molar-refractivity contribution in [2.75, 3.05) is 0 Å². The Morgan fingerprint density at radius 1 is 1.21 bits per heavy atom. The largest absolute Gasteiger partial charge is 0.457 e. The minimum atomic E-state index is -0.846. The van der Waals surface area contributed by atoms with E-state index >= 15 is 0 Å². The predicted molar refractivity (Wildman–Crippen MR) is 141 cm³/mol. The van der Waals surface area contributed by atoms with Gasteiger partial charge in [-0.3, -0.25) is 9.59 Å². The van der Waals surface area contributed by atoms with Crippen LogP contribution in [0, 0.1) is 6.92 Å². The molecule has 2 aromatic rings. The molecule has 186 valence electrons. The molecule has 2 heterocycles. The van der Waals surface area contributed by atoms with Crippen LogP contribution < -0.4 is 0 Å². The van der Waals surface area contributed by atoms with Gasteiger partial charge in [0.1, 0.15) is 5.60 Å². The fourth-order valence-corrected chi connectivity index (χ4v) is 6.68. The molecule has 1 aliphatic rings. The number of ether oxygens (including phenoxy) is 1. The number of carbonyl (C=O) groups is 2. The zero-order valence-electron chi connectivity index (χ0n) is 21.1. The van der Waals surface area contributed by atoms with Crippen molar-refractivity contribution in [1.29, 1.82) is 0 Å². The van der Waals surface area contributed by atoms with Crippen LogP contribution in [0.5, 0.6) is 0 Å². The van der Waals surface area contributed by atoms with Crippen molar-refractivity contribution >= 4 is 34.9 Å². The van der Waals surface area contributed by atoms with Gasteiger partial charge >= 0.3 is 5.97 Å². The lowest BCUT2D eigenvalue weighted by molar-refractivity contribution is -0.171. The molecule has 1 aromatic heterocycles. The number of Topliss-reactive ketones (excluding diaryl/α,β-unsaturated/α-hetero) is 1. The van der Waals surface area contributed by atoms with Gasteiger partial charge < -0.3 is 9.84 Å². The van der Waals surface area contributed by atoms with Crippen LogP contribution in [-0.2, 0) is 32.8 Å². The van der Waals surface area contributed by atoms with Gasteiger partial charge in [0, 0.05) is 16.2 Å². The SMILES string of the molecule is CCCCCC1(CCc2cccs2)CC(=O)C(Sc2c(C)cc(CO)cc2C(C)(C)C)C(=O)O1. The molecule has 1 aromatic carbocycles. The highest BCUT2D eigenvalue weighted by Gasteiger charge is 2.47. The molecule has 0 amide bonds. The Balaban J connectivity index is 1.84. The predicted octanol–water partition coefficient (Wildman–Crippen LogP) is 6.77. The topological polar surface area (TPSA) is 63.6 Å². The maximum Gasteiger partial charge on any atom is 0.327 e. The lowest BCUT2D eigenvalue weighted by atomic mass is 9.83. The third-order valence-electron chi connectivity index (χ3n) is 6.52. The molecule has 1 aliphatic heterocycles. The van der Waals surface area contributed by atoms with Crippen LogP contribution >= 0.6 is 23.1 Å². The van der Waals surface area contributed by atoms with E-state index in [1.54, 1.807) is 11.3 Å². The van der Waals surface area contributed by atoms with Crippen molar-refractivity contribution in [2.45, 2.75) is 107 Å². The molecule has 1 saturated heterocycles. The molecule has 6 heteroatoms. The van der Waals surface area contributed by atoms with Crippen molar-refractivity contribution in [3.05, 3.63) is 51.2 Å². The molecule has 1 fully saturated rings. The molecular formula is C28H38O4S2. The molecule has 4 nitrogen and oxygen atoms in total. The highest BCUT2D eigenvalue weighted by Crippen LogP contribution is 2.43. The first-order chi connectivity index (χ1) is 16.1. The summed E-state index contributed by atoms with van der Waals surface area (Å²) in [6.45, 7) is 10.4. The van der Waals surface area contributed by atoms with Gasteiger partial charge in [-0.2, -0.15) is 0 Å². The van der Waals surface area contributed by atoms with Gasteiger partial charge in [0.2, 0.25) is 0 Å². The number of aliphatic hydroxyl groups is 1. The second-order valence-electron chi connectivity index (χ2n) is 10.5. The van der Waals surface area contributed by atoms with E-state index in [2.05, 4.69) is 39.1 Å². The van der Waals surface area contributed by atoms with Gasteiger partial charge in [0.15, 0.2) is 11.0 Å². The molecule has 2 unspecified atom stereocenters. The maximum absolute atomic E-state index is 13.5. The molecule has 0 bridgehead atoms. The van der Waals surface area contributed by atoms with Gasteiger partial charge in [-0.25, -0.2) is 0 Å². The summed E-state index contributed by atoms with van der Waals surface area (Å²) in [6.07, 6.45) is 5.62. The molecule has 0 saturated carbocycles. The minimum absolute atomic E-state index is 0.0329. The number of thiophene rings is 1. The summed E-state index contributed by atoms with van der Waals surface area (Å²) in [5.74, 6) is -0.441. The third kappa shape index (κ3) is 6.52. The molecule has 0 aliphatic carbocycles. The molecule has 0 spiro atoms. The third-order valence-corrected chi connectivity index (χ3v) is 8.93. The van der Waals surface area contributed by atoms with Crippen LogP contribution in [0.2, 0.25) is 0 Å². The Hall–Kier alpha value is -1.63. The molecule has 0 radical (unpaired) electrons. The van der Waals surface area contributed by atoms with Crippen LogP contribution in [0.3, 0.4) is 0 Å².